The molecule has 110 valence electrons. The fourth-order valence-electron chi connectivity index (χ4n) is 1.64. The van der Waals surface area contributed by atoms with Crippen molar-refractivity contribution in [2.45, 2.75) is 32.6 Å². The molecule has 0 radical (unpaired) electrons. The number of aliphatic carboxylic acids is 1. The van der Waals surface area contributed by atoms with Gasteiger partial charge < -0.3 is 15.3 Å². The summed E-state index contributed by atoms with van der Waals surface area (Å²) in [5, 5.41) is 11.3. The highest BCUT2D eigenvalue weighted by Gasteiger charge is 2.14. The molecule has 20 heavy (non-hydrogen) atoms. The number of rotatable bonds is 4. The maximum absolute atomic E-state index is 11.8. The molecule has 0 spiro atoms. The van der Waals surface area contributed by atoms with Gasteiger partial charge in [-0.05, 0) is 23.1 Å². The largest absolute Gasteiger partial charge is 0.481 e. The van der Waals surface area contributed by atoms with E-state index in [1.807, 2.05) is 24.3 Å². The second kappa shape index (κ2) is 6.41. The van der Waals surface area contributed by atoms with Gasteiger partial charge in [0.25, 0.3) is 0 Å². The maximum atomic E-state index is 11.8. The van der Waals surface area contributed by atoms with Gasteiger partial charge in [0.1, 0.15) is 0 Å². The number of urea groups is 1. The van der Waals surface area contributed by atoms with Crippen molar-refractivity contribution in [2.24, 2.45) is 0 Å². The maximum Gasteiger partial charge on any atom is 0.321 e. The van der Waals surface area contributed by atoms with E-state index in [1.54, 1.807) is 7.05 Å². The molecule has 0 bridgehead atoms. The van der Waals surface area contributed by atoms with Crippen molar-refractivity contribution >= 4 is 17.7 Å². The number of hydrogen-bond donors (Lipinski definition) is 2. The number of benzene rings is 1. The minimum Gasteiger partial charge on any atom is -0.481 e. The Morgan fingerprint density at radius 3 is 2.20 bits per heavy atom. The number of amides is 2. The zero-order valence-corrected chi connectivity index (χ0v) is 12.4. The van der Waals surface area contributed by atoms with Crippen LogP contribution in [0.1, 0.15) is 32.8 Å². The van der Waals surface area contributed by atoms with Crippen LogP contribution in [0.25, 0.3) is 0 Å². The number of carboxylic acids is 1. The van der Waals surface area contributed by atoms with E-state index in [4.69, 9.17) is 5.11 Å². The molecule has 2 amide bonds. The molecule has 0 heterocycles. The van der Waals surface area contributed by atoms with Crippen LogP contribution in [0.3, 0.4) is 0 Å². The molecule has 1 rings (SSSR count). The second-order valence-electron chi connectivity index (χ2n) is 5.82. The molecule has 0 atom stereocenters. The summed E-state index contributed by atoms with van der Waals surface area (Å²) < 4.78 is 0. The molecule has 0 saturated heterocycles. The monoisotopic (exact) mass is 278 g/mol. The van der Waals surface area contributed by atoms with Crippen LogP contribution in [0.15, 0.2) is 24.3 Å². The first-order valence-electron chi connectivity index (χ1n) is 6.54. The summed E-state index contributed by atoms with van der Waals surface area (Å²) in [7, 11) is 1.57. The Morgan fingerprint density at radius 2 is 1.75 bits per heavy atom. The number of carboxylic acid groups (broad SMARTS) is 1. The topological polar surface area (TPSA) is 69.6 Å². The second-order valence-corrected chi connectivity index (χ2v) is 5.82. The van der Waals surface area contributed by atoms with Crippen LogP contribution in [0.5, 0.6) is 0 Å². The normalized spacial score (nSPS) is 11.0. The third-order valence-corrected chi connectivity index (χ3v) is 3.01. The molecule has 0 unspecified atom stereocenters. The van der Waals surface area contributed by atoms with Gasteiger partial charge in [0, 0.05) is 19.3 Å². The highest BCUT2D eigenvalue weighted by molar-refractivity contribution is 5.89. The molecule has 1 aromatic carbocycles. The Bertz CT molecular complexity index is 475. The molecule has 0 saturated carbocycles. The first-order chi connectivity index (χ1) is 9.20. The molecule has 2 N–H and O–H groups in total. The fraction of sp³-hybridized carbons (Fsp3) is 0.467. The quantitative estimate of drug-likeness (QED) is 0.889. The number of anilines is 1. The molecule has 5 nitrogen and oxygen atoms in total. The van der Waals surface area contributed by atoms with Crippen LogP contribution in [0.4, 0.5) is 10.5 Å². The average Bonchev–Trinajstić information content (AvgIpc) is 2.35. The summed E-state index contributed by atoms with van der Waals surface area (Å²) in [6.45, 7) is 6.56. The van der Waals surface area contributed by atoms with Crippen molar-refractivity contribution < 1.29 is 14.7 Å². The number of nitrogens with one attached hydrogen (secondary N) is 1. The van der Waals surface area contributed by atoms with Crippen LogP contribution < -0.4 is 5.32 Å². The van der Waals surface area contributed by atoms with E-state index >= 15 is 0 Å². The highest BCUT2D eigenvalue weighted by atomic mass is 16.4. The van der Waals surface area contributed by atoms with Crippen LogP contribution in [-0.2, 0) is 10.2 Å². The lowest BCUT2D eigenvalue weighted by Crippen LogP contribution is -2.33. The minimum atomic E-state index is -0.917. The van der Waals surface area contributed by atoms with Gasteiger partial charge in [0.05, 0.1) is 6.42 Å². The van der Waals surface area contributed by atoms with Gasteiger partial charge in [0.2, 0.25) is 0 Å². The lowest BCUT2D eigenvalue weighted by Gasteiger charge is -2.20. The van der Waals surface area contributed by atoms with Gasteiger partial charge in [-0.2, -0.15) is 0 Å². The van der Waals surface area contributed by atoms with Crippen molar-refractivity contribution in [1.29, 1.82) is 0 Å². The van der Waals surface area contributed by atoms with E-state index in [-0.39, 0.29) is 24.4 Å². The summed E-state index contributed by atoms with van der Waals surface area (Å²) >= 11 is 0. The predicted octanol–water partition coefficient (Wildman–Crippen LogP) is 2.92. The Morgan fingerprint density at radius 1 is 1.20 bits per heavy atom. The Balaban J connectivity index is 2.60. The molecule has 0 aromatic heterocycles. The number of carbonyl (C=O) groups excluding carboxylic acids is 1. The molecule has 1 aromatic rings. The summed E-state index contributed by atoms with van der Waals surface area (Å²) in [5.41, 5.74) is 1.96. The van der Waals surface area contributed by atoms with Gasteiger partial charge >= 0.3 is 12.0 Å². The summed E-state index contributed by atoms with van der Waals surface area (Å²) in [5.74, 6) is -0.917. The third kappa shape index (κ3) is 4.91. The summed E-state index contributed by atoms with van der Waals surface area (Å²) in [6.07, 6.45) is -0.0626. The first kappa shape index (κ1) is 16.0. The minimum absolute atomic E-state index is 0.0626. The van der Waals surface area contributed by atoms with Crippen LogP contribution >= 0.6 is 0 Å². The molecular formula is C15H22N2O3. The lowest BCUT2D eigenvalue weighted by molar-refractivity contribution is -0.137. The zero-order valence-electron chi connectivity index (χ0n) is 12.4. The first-order valence-corrected chi connectivity index (χ1v) is 6.54. The number of carbonyl (C=O) groups is 2. The van der Waals surface area contributed by atoms with Crippen molar-refractivity contribution in [3.63, 3.8) is 0 Å². The van der Waals surface area contributed by atoms with Gasteiger partial charge in [0.15, 0.2) is 0 Å². The number of hydrogen-bond acceptors (Lipinski definition) is 2. The summed E-state index contributed by atoms with van der Waals surface area (Å²) in [6, 6.07) is 7.35. The van der Waals surface area contributed by atoms with Crippen LogP contribution in [-0.4, -0.2) is 35.6 Å². The predicted molar refractivity (Wildman–Crippen MR) is 79.0 cm³/mol. The van der Waals surface area contributed by atoms with Crippen molar-refractivity contribution in [2.75, 3.05) is 18.9 Å². The van der Waals surface area contributed by atoms with E-state index in [0.717, 1.165) is 0 Å². The average molecular weight is 278 g/mol. The Labute approximate surface area is 119 Å². The third-order valence-electron chi connectivity index (χ3n) is 3.01. The van der Waals surface area contributed by atoms with Crippen molar-refractivity contribution in [3.8, 4) is 0 Å². The fourth-order valence-corrected chi connectivity index (χ4v) is 1.64. The van der Waals surface area contributed by atoms with E-state index in [1.165, 1.54) is 10.5 Å². The van der Waals surface area contributed by atoms with E-state index in [9.17, 15) is 9.59 Å². The van der Waals surface area contributed by atoms with Gasteiger partial charge in [-0.1, -0.05) is 32.9 Å². The smallest absolute Gasteiger partial charge is 0.321 e. The molecule has 0 aliphatic heterocycles. The van der Waals surface area contributed by atoms with Crippen LogP contribution in [0.2, 0.25) is 0 Å². The zero-order chi connectivity index (χ0) is 15.3. The highest BCUT2D eigenvalue weighted by Crippen LogP contribution is 2.23. The van der Waals surface area contributed by atoms with E-state index < -0.39 is 5.97 Å². The van der Waals surface area contributed by atoms with E-state index in [0.29, 0.717) is 5.69 Å². The van der Waals surface area contributed by atoms with Crippen LogP contribution in [0, 0.1) is 0 Å². The van der Waals surface area contributed by atoms with Crippen molar-refractivity contribution in [3.05, 3.63) is 29.8 Å². The SMILES string of the molecule is CN(CCC(=O)O)C(=O)Nc1ccc(C(C)(C)C)cc1. The van der Waals surface area contributed by atoms with Crippen molar-refractivity contribution in [1.82, 2.24) is 4.90 Å². The lowest BCUT2D eigenvalue weighted by atomic mass is 9.87. The van der Waals surface area contributed by atoms with Gasteiger partial charge in [-0.25, -0.2) is 4.79 Å². The Hall–Kier alpha value is -2.04. The van der Waals surface area contributed by atoms with E-state index in [2.05, 4.69) is 26.1 Å². The molecule has 0 aliphatic rings. The molecule has 5 heteroatoms. The molecule has 0 fully saturated rings. The Kier molecular flexibility index (Phi) is 5.13. The summed E-state index contributed by atoms with van der Waals surface area (Å²) in [4.78, 5) is 23.6. The number of nitrogens with zero attached hydrogens (tertiary/aromatic N) is 1. The van der Waals surface area contributed by atoms with Gasteiger partial charge in [-0.15, -0.1) is 0 Å². The molecule has 0 aliphatic carbocycles. The van der Waals surface area contributed by atoms with Gasteiger partial charge in [-0.3, -0.25) is 4.79 Å². The standard InChI is InChI=1S/C15H22N2O3/c1-15(2,3)11-5-7-12(8-6-11)16-14(20)17(4)10-9-13(18)19/h5-8H,9-10H2,1-4H3,(H,16,20)(H,18,19). The molecular weight excluding hydrogens is 256 g/mol.